The summed E-state index contributed by atoms with van der Waals surface area (Å²) in [5, 5.41) is 2.94. The molecule has 1 aromatic heterocycles. The summed E-state index contributed by atoms with van der Waals surface area (Å²) in [5.74, 6) is 1.26. The van der Waals surface area contributed by atoms with Gasteiger partial charge in [-0.05, 0) is 18.8 Å². The fourth-order valence-corrected chi connectivity index (χ4v) is 2.40. The molecule has 1 aliphatic carbocycles. The zero-order chi connectivity index (χ0) is 13.8. The smallest absolute Gasteiger partial charge is 0.272 e. The number of nitrogens with zero attached hydrogens (tertiary/aromatic N) is 2. The highest BCUT2D eigenvalue weighted by Crippen LogP contribution is 2.23. The molecule has 3 N–H and O–H groups in total. The Morgan fingerprint density at radius 2 is 2.16 bits per heavy atom. The summed E-state index contributed by atoms with van der Waals surface area (Å²) in [5.41, 5.74) is 6.43. The van der Waals surface area contributed by atoms with Crippen molar-refractivity contribution in [1.29, 1.82) is 0 Å². The Kier molecular flexibility index (Phi) is 4.35. The van der Waals surface area contributed by atoms with E-state index in [1.807, 2.05) is 13.8 Å². The molecule has 0 aliphatic heterocycles. The van der Waals surface area contributed by atoms with Crippen LogP contribution in [0.25, 0.3) is 0 Å². The summed E-state index contributed by atoms with van der Waals surface area (Å²) in [6.45, 7) is 4.71. The highest BCUT2D eigenvalue weighted by atomic mass is 16.1. The van der Waals surface area contributed by atoms with Gasteiger partial charge in [0.1, 0.15) is 5.82 Å². The molecule has 0 aromatic carbocycles. The van der Waals surface area contributed by atoms with E-state index in [0.29, 0.717) is 23.1 Å². The van der Waals surface area contributed by atoms with E-state index >= 15 is 0 Å². The lowest BCUT2D eigenvalue weighted by Crippen LogP contribution is -2.30. The summed E-state index contributed by atoms with van der Waals surface area (Å²) in [7, 11) is 0. The average molecular weight is 262 g/mol. The van der Waals surface area contributed by atoms with Gasteiger partial charge < -0.3 is 11.1 Å². The Balaban J connectivity index is 2.02. The van der Waals surface area contributed by atoms with Gasteiger partial charge in [0.25, 0.3) is 5.91 Å². The molecule has 104 valence electrons. The summed E-state index contributed by atoms with van der Waals surface area (Å²) >= 11 is 0. The van der Waals surface area contributed by atoms with Crippen LogP contribution in [0.2, 0.25) is 0 Å². The van der Waals surface area contributed by atoms with Gasteiger partial charge in [0.15, 0.2) is 5.69 Å². The van der Waals surface area contributed by atoms with Crippen LogP contribution in [0.1, 0.15) is 61.8 Å². The molecule has 1 saturated carbocycles. The topological polar surface area (TPSA) is 80.9 Å². The Hall–Kier alpha value is -1.65. The molecule has 19 heavy (non-hydrogen) atoms. The van der Waals surface area contributed by atoms with Gasteiger partial charge in [0, 0.05) is 12.5 Å². The molecule has 0 unspecified atom stereocenters. The van der Waals surface area contributed by atoms with Crippen LogP contribution in [0, 0.1) is 5.92 Å². The van der Waals surface area contributed by atoms with Crippen molar-refractivity contribution in [2.24, 2.45) is 5.92 Å². The number of nitrogens with two attached hydrogens (primary N) is 1. The van der Waals surface area contributed by atoms with E-state index in [-0.39, 0.29) is 11.8 Å². The van der Waals surface area contributed by atoms with Crippen molar-refractivity contribution in [3.8, 4) is 0 Å². The van der Waals surface area contributed by atoms with Gasteiger partial charge in [0.05, 0.1) is 11.9 Å². The second-order valence-electron chi connectivity index (χ2n) is 5.55. The van der Waals surface area contributed by atoms with Crippen LogP contribution in [0.15, 0.2) is 6.20 Å². The maximum absolute atomic E-state index is 12.1. The maximum atomic E-state index is 12.1. The van der Waals surface area contributed by atoms with Crippen molar-refractivity contribution in [2.45, 2.75) is 45.4 Å². The molecule has 0 spiro atoms. The second-order valence-corrected chi connectivity index (χ2v) is 5.55. The fraction of sp³-hybridized carbons (Fsp3) is 0.643. The number of aromatic nitrogens is 2. The first-order valence-electron chi connectivity index (χ1n) is 6.98. The van der Waals surface area contributed by atoms with Crippen LogP contribution >= 0.6 is 0 Å². The Labute approximate surface area is 114 Å². The van der Waals surface area contributed by atoms with Crippen LogP contribution in [0.4, 0.5) is 5.69 Å². The predicted octanol–water partition coefficient (Wildman–Crippen LogP) is 2.10. The normalized spacial score (nSPS) is 15.9. The van der Waals surface area contributed by atoms with Crippen molar-refractivity contribution in [1.82, 2.24) is 15.3 Å². The minimum atomic E-state index is -0.186. The molecule has 5 heteroatoms. The molecule has 1 aliphatic rings. The standard InChI is InChI=1S/C14H22N4O/c1-9(2)13-16-8-11(15)12(18-13)14(19)17-7-10-5-3-4-6-10/h8-10H,3-7,15H2,1-2H3,(H,17,19). The minimum Gasteiger partial charge on any atom is -0.396 e. The van der Waals surface area contributed by atoms with E-state index in [4.69, 9.17) is 5.73 Å². The molecule has 1 fully saturated rings. The lowest BCUT2D eigenvalue weighted by molar-refractivity contribution is 0.0943. The van der Waals surface area contributed by atoms with Crippen LogP contribution in [0.3, 0.4) is 0 Å². The monoisotopic (exact) mass is 262 g/mol. The molecule has 1 aromatic rings. The number of hydrogen-bond donors (Lipinski definition) is 2. The summed E-state index contributed by atoms with van der Waals surface area (Å²) in [6, 6.07) is 0. The lowest BCUT2D eigenvalue weighted by atomic mass is 10.1. The van der Waals surface area contributed by atoms with Crippen LogP contribution in [-0.2, 0) is 0 Å². The summed E-state index contributed by atoms with van der Waals surface area (Å²) < 4.78 is 0. The zero-order valence-electron chi connectivity index (χ0n) is 11.6. The number of nitrogens with one attached hydrogen (secondary N) is 1. The third-order valence-corrected chi connectivity index (χ3v) is 3.59. The third-order valence-electron chi connectivity index (χ3n) is 3.59. The van der Waals surface area contributed by atoms with Gasteiger partial charge in [-0.3, -0.25) is 4.79 Å². The van der Waals surface area contributed by atoms with Gasteiger partial charge in [-0.25, -0.2) is 9.97 Å². The van der Waals surface area contributed by atoms with Gasteiger partial charge in [-0.15, -0.1) is 0 Å². The van der Waals surface area contributed by atoms with Gasteiger partial charge in [-0.1, -0.05) is 26.7 Å². The molecule has 1 amide bonds. The number of anilines is 1. The van der Waals surface area contributed by atoms with E-state index in [2.05, 4.69) is 15.3 Å². The van der Waals surface area contributed by atoms with Crippen LogP contribution < -0.4 is 11.1 Å². The third kappa shape index (κ3) is 3.43. The molecule has 0 radical (unpaired) electrons. The van der Waals surface area contributed by atoms with E-state index in [9.17, 15) is 4.79 Å². The first-order chi connectivity index (χ1) is 9.08. The van der Waals surface area contributed by atoms with Crippen molar-refractivity contribution in [2.75, 3.05) is 12.3 Å². The van der Waals surface area contributed by atoms with Gasteiger partial charge >= 0.3 is 0 Å². The number of amides is 1. The Morgan fingerprint density at radius 1 is 1.47 bits per heavy atom. The first kappa shape index (κ1) is 13.8. The minimum absolute atomic E-state index is 0.182. The first-order valence-corrected chi connectivity index (χ1v) is 6.98. The molecule has 0 saturated heterocycles. The second kappa shape index (κ2) is 5.99. The Bertz CT molecular complexity index is 453. The summed E-state index contributed by atoms with van der Waals surface area (Å²) in [4.78, 5) is 20.5. The molecular formula is C14H22N4O. The maximum Gasteiger partial charge on any atom is 0.272 e. The van der Waals surface area contributed by atoms with Gasteiger partial charge in [0.2, 0.25) is 0 Å². The zero-order valence-corrected chi connectivity index (χ0v) is 11.6. The van der Waals surface area contributed by atoms with Crippen molar-refractivity contribution in [3.05, 3.63) is 17.7 Å². The van der Waals surface area contributed by atoms with Crippen molar-refractivity contribution in [3.63, 3.8) is 0 Å². The van der Waals surface area contributed by atoms with Crippen molar-refractivity contribution < 1.29 is 4.79 Å². The highest BCUT2D eigenvalue weighted by Gasteiger charge is 2.18. The molecule has 0 atom stereocenters. The van der Waals surface area contributed by atoms with Gasteiger partial charge in [-0.2, -0.15) is 0 Å². The SMILES string of the molecule is CC(C)c1ncc(N)c(C(=O)NCC2CCCC2)n1. The number of carbonyl (C=O) groups excluding carboxylic acids is 1. The summed E-state index contributed by atoms with van der Waals surface area (Å²) in [6.07, 6.45) is 6.47. The largest absolute Gasteiger partial charge is 0.396 e. The number of hydrogen-bond acceptors (Lipinski definition) is 4. The number of rotatable bonds is 4. The molecule has 1 heterocycles. The number of carbonyl (C=O) groups is 1. The average Bonchev–Trinajstić information content (AvgIpc) is 2.89. The van der Waals surface area contributed by atoms with E-state index in [1.165, 1.54) is 31.9 Å². The van der Waals surface area contributed by atoms with Crippen LogP contribution in [0.5, 0.6) is 0 Å². The Morgan fingerprint density at radius 3 is 2.79 bits per heavy atom. The number of nitrogen functional groups attached to an aromatic ring is 1. The van der Waals surface area contributed by atoms with E-state index < -0.39 is 0 Å². The molecular weight excluding hydrogens is 240 g/mol. The highest BCUT2D eigenvalue weighted by molar-refractivity contribution is 5.96. The fourth-order valence-electron chi connectivity index (χ4n) is 2.40. The molecule has 0 bridgehead atoms. The van der Waals surface area contributed by atoms with E-state index in [1.54, 1.807) is 0 Å². The molecule has 2 rings (SSSR count). The lowest BCUT2D eigenvalue weighted by Gasteiger charge is -2.12. The predicted molar refractivity (Wildman–Crippen MR) is 74.8 cm³/mol. The quantitative estimate of drug-likeness (QED) is 0.870. The van der Waals surface area contributed by atoms with E-state index in [0.717, 1.165) is 6.54 Å². The van der Waals surface area contributed by atoms with Crippen LogP contribution in [-0.4, -0.2) is 22.4 Å². The van der Waals surface area contributed by atoms with Crippen molar-refractivity contribution >= 4 is 11.6 Å². The molecule has 5 nitrogen and oxygen atoms in total.